The fourth-order valence-corrected chi connectivity index (χ4v) is 2.34. The minimum Gasteiger partial charge on any atom is -0.353 e. The second-order valence-electron chi connectivity index (χ2n) is 5.20. The van der Waals surface area contributed by atoms with E-state index in [1.165, 1.54) is 57.8 Å². The summed E-state index contributed by atoms with van der Waals surface area (Å²) in [4.78, 5) is 11.3. The molecule has 1 N–H and O–H groups in total. The number of allylic oxidation sites excluding steroid dienone is 1. The highest BCUT2D eigenvalue weighted by atomic mass is 127. The summed E-state index contributed by atoms with van der Waals surface area (Å²) < 4.78 is 1.03. The van der Waals surface area contributed by atoms with Crippen molar-refractivity contribution in [2.75, 3.05) is 6.54 Å². The van der Waals surface area contributed by atoms with Gasteiger partial charge in [-0.15, -0.1) is 0 Å². The Bertz CT molecular complexity index is 247. The molecule has 2 nitrogen and oxygen atoms in total. The molecule has 3 heteroatoms. The third kappa shape index (κ3) is 15.9. The molecule has 0 aliphatic carbocycles. The number of amides is 1. The first kappa shape index (κ1) is 18.9. The molecule has 0 atom stereocenters. The minimum absolute atomic E-state index is 0.0443. The van der Waals surface area contributed by atoms with Gasteiger partial charge in [-0.2, -0.15) is 0 Å². The van der Waals surface area contributed by atoms with E-state index in [0.717, 1.165) is 16.5 Å². The lowest BCUT2D eigenvalue weighted by atomic mass is 10.1. The highest BCUT2D eigenvalue weighted by molar-refractivity contribution is 14.1. The van der Waals surface area contributed by atoms with Crippen LogP contribution in [0.4, 0.5) is 0 Å². The van der Waals surface area contributed by atoms with Crippen molar-refractivity contribution in [3.63, 3.8) is 0 Å². The van der Waals surface area contributed by atoms with Crippen molar-refractivity contribution in [2.24, 2.45) is 0 Å². The molecular formula is C16H30INO. The third-order valence-electron chi connectivity index (χ3n) is 3.16. The summed E-state index contributed by atoms with van der Waals surface area (Å²) in [7, 11) is 0. The highest BCUT2D eigenvalue weighted by Crippen LogP contribution is 2.10. The molecular weight excluding hydrogens is 349 g/mol. The summed E-state index contributed by atoms with van der Waals surface area (Å²) in [5.74, 6) is 0.0443. The lowest BCUT2D eigenvalue weighted by molar-refractivity contribution is -0.116. The second-order valence-corrected chi connectivity index (χ2v) is 6.91. The van der Waals surface area contributed by atoms with Gasteiger partial charge in [0.05, 0.1) is 0 Å². The summed E-state index contributed by atoms with van der Waals surface area (Å²) in [5.41, 5.74) is 0. The van der Waals surface area contributed by atoms with Gasteiger partial charge in [0, 0.05) is 12.6 Å². The van der Waals surface area contributed by atoms with Crippen LogP contribution >= 0.6 is 22.6 Å². The van der Waals surface area contributed by atoms with Crippen LogP contribution in [0, 0.1) is 0 Å². The van der Waals surface area contributed by atoms with E-state index < -0.39 is 0 Å². The summed E-state index contributed by atoms with van der Waals surface area (Å²) in [6, 6.07) is 0. The van der Waals surface area contributed by atoms with Crippen molar-refractivity contribution in [3.05, 3.63) is 9.66 Å². The number of carbonyl (C=O) groups is 1. The van der Waals surface area contributed by atoms with Gasteiger partial charge in [-0.3, -0.25) is 4.79 Å². The van der Waals surface area contributed by atoms with Crippen molar-refractivity contribution in [1.29, 1.82) is 0 Å². The smallest absolute Gasteiger partial charge is 0.244 e. The van der Waals surface area contributed by atoms with Crippen molar-refractivity contribution in [3.8, 4) is 0 Å². The number of rotatable bonds is 12. The van der Waals surface area contributed by atoms with Crippen LogP contribution in [-0.4, -0.2) is 12.5 Å². The molecule has 0 rings (SSSR count). The number of halogens is 1. The van der Waals surface area contributed by atoms with Crippen LogP contribution < -0.4 is 5.32 Å². The summed E-state index contributed by atoms with van der Waals surface area (Å²) in [6.07, 6.45) is 15.0. The Balaban J connectivity index is 3.15. The zero-order chi connectivity index (χ0) is 14.3. The third-order valence-corrected chi connectivity index (χ3v) is 3.47. The first-order valence-electron chi connectivity index (χ1n) is 7.78. The van der Waals surface area contributed by atoms with Crippen molar-refractivity contribution in [1.82, 2.24) is 5.32 Å². The summed E-state index contributed by atoms with van der Waals surface area (Å²) in [6.45, 7) is 5.01. The first-order chi connectivity index (χ1) is 9.16. The van der Waals surface area contributed by atoms with E-state index >= 15 is 0 Å². The standard InChI is InChI=1S/C16H30INO/c1-3-4-5-6-7-8-9-10-11-12-13-18-16(19)14-15(2)17/h14H,3-13H2,1-2H3,(H,18,19)/b15-14-. The molecule has 0 heterocycles. The van der Waals surface area contributed by atoms with Crippen LogP contribution in [0.15, 0.2) is 9.66 Å². The van der Waals surface area contributed by atoms with Gasteiger partial charge in [-0.1, -0.05) is 64.7 Å². The molecule has 19 heavy (non-hydrogen) atoms. The van der Waals surface area contributed by atoms with Gasteiger partial charge in [0.25, 0.3) is 0 Å². The molecule has 0 saturated carbocycles. The molecule has 112 valence electrons. The Hall–Kier alpha value is -0.0600. The van der Waals surface area contributed by atoms with Crippen LogP contribution in [-0.2, 0) is 4.79 Å². The van der Waals surface area contributed by atoms with Gasteiger partial charge in [0.1, 0.15) is 0 Å². The predicted molar refractivity (Wildman–Crippen MR) is 92.6 cm³/mol. The van der Waals surface area contributed by atoms with Gasteiger partial charge < -0.3 is 5.32 Å². The van der Waals surface area contributed by atoms with Crippen LogP contribution in [0.1, 0.15) is 78.1 Å². The molecule has 0 aliphatic rings. The lowest BCUT2D eigenvalue weighted by Crippen LogP contribution is -2.22. The maximum absolute atomic E-state index is 11.3. The molecule has 0 spiro atoms. The average molecular weight is 379 g/mol. The molecule has 0 saturated heterocycles. The fourth-order valence-electron chi connectivity index (χ4n) is 2.06. The molecule has 0 aromatic rings. The number of unbranched alkanes of at least 4 members (excludes halogenated alkanes) is 9. The molecule has 0 aromatic heterocycles. The van der Waals surface area contributed by atoms with Crippen LogP contribution in [0.5, 0.6) is 0 Å². The predicted octanol–water partition coefficient (Wildman–Crippen LogP) is 5.36. The van der Waals surface area contributed by atoms with E-state index in [-0.39, 0.29) is 5.91 Å². The average Bonchev–Trinajstić information content (AvgIpc) is 2.35. The molecule has 0 aliphatic heterocycles. The van der Waals surface area contributed by atoms with Crippen LogP contribution in [0.2, 0.25) is 0 Å². The Morgan fingerprint density at radius 3 is 1.89 bits per heavy atom. The summed E-state index contributed by atoms with van der Waals surface area (Å²) >= 11 is 2.15. The number of nitrogens with one attached hydrogen (secondary N) is 1. The van der Waals surface area contributed by atoms with Crippen molar-refractivity contribution < 1.29 is 4.79 Å². The lowest BCUT2D eigenvalue weighted by Gasteiger charge is -2.03. The Morgan fingerprint density at radius 2 is 1.42 bits per heavy atom. The van der Waals surface area contributed by atoms with Crippen molar-refractivity contribution >= 4 is 28.5 Å². The Labute approximate surface area is 132 Å². The highest BCUT2D eigenvalue weighted by Gasteiger charge is 1.96. The van der Waals surface area contributed by atoms with Gasteiger partial charge in [-0.25, -0.2) is 0 Å². The Morgan fingerprint density at radius 1 is 0.947 bits per heavy atom. The first-order valence-corrected chi connectivity index (χ1v) is 8.86. The Kier molecular flexibility index (Phi) is 14.3. The summed E-state index contributed by atoms with van der Waals surface area (Å²) in [5, 5.41) is 2.92. The molecule has 0 bridgehead atoms. The molecule has 1 amide bonds. The SMILES string of the molecule is CCCCCCCCCCCCNC(=O)/C=C(/C)I. The zero-order valence-corrected chi connectivity index (χ0v) is 14.8. The van der Waals surface area contributed by atoms with Crippen molar-refractivity contribution in [2.45, 2.75) is 78.1 Å². The van der Waals surface area contributed by atoms with Gasteiger partial charge in [-0.05, 0) is 39.5 Å². The topological polar surface area (TPSA) is 29.1 Å². The number of hydrogen-bond acceptors (Lipinski definition) is 1. The van der Waals surface area contributed by atoms with Gasteiger partial charge >= 0.3 is 0 Å². The van der Waals surface area contributed by atoms with E-state index in [9.17, 15) is 4.79 Å². The zero-order valence-electron chi connectivity index (χ0n) is 12.6. The second kappa shape index (κ2) is 14.4. The van der Waals surface area contributed by atoms with E-state index in [0.29, 0.717) is 0 Å². The minimum atomic E-state index is 0.0443. The van der Waals surface area contributed by atoms with E-state index in [2.05, 4.69) is 34.8 Å². The monoisotopic (exact) mass is 379 g/mol. The van der Waals surface area contributed by atoms with E-state index in [1.54, 1.807) is 6.08 Å². The van der Waals surface area contributed by atoms with Crippen LogP contribution in [0.25, 0.3) is 0 Å². The quantitative estimate of drug-likeness (QED) is 0.276. The van der Waals surface area contributed by atoms with E-state index in [4.69, 9.17) is 0 Å². The van der Waals surface area contributed by atoms with Gasteiger partial charge in [0.2, 0.25) is 5.91 Å². The number of hydrogen-bond donors (Lipinski definition) is 1. The normalized spacial score (nSPS) is 11.6. The number of carbonyl (C=O) groups excluding carboxylic acids is 1. The van der Waals surface area contributed by atoms with Crippen LogP contribution in [0.3, 0.4) is 0 Å². The molecule has 0 unspecified atom stereocenters. The maximum atomic E-state index is 11.3. The molecule has 0 aromatic carbocycles. The van der Waals surface area contributed by atoms with Gasteiger partial charge in [0.15, 0.2) is 0 Å². The largest absolute Gasteiger partial charge is 0.353 e. The molecule has 0 radical (unpaired) electrons. The molecule has 0 fully saturated rings. The fraction of sp³-hybridized carbons (Fsp3) is 0.812. The van der Waals surface area contributed by atoms with E-state index in [1.807, 2.05) is 6.92 Å². The maximum Gasteiger partial charge on any atom is 0.244 e.